The minimum absolute atomic E-state index is 0.0348. The number of amides is 1. The third-order valence-corrected chi connectivity index (χ3v) is 4.44. The molecule has 1 saturated heterocycles. The zero-order valence-electron chi connectivity index (χ0n) is 14.1. The molecule has 2 aromatic rings. The maximum atomic E-state index is 12.4. The molecule has 126 valence electrons. The molecule has 0 unspecified atom stereocenters. The van der Waals surface area contributed by atoms with Gasteiger partial charge in [-0.1, -0.05) is 30.3 Å². The second-order valence-corrected chi connectivity index (χ2v) is 6.07. The largest absolute Gasteiger partial charge is 0.496 e. The predicted molar refractivity (Wildman–Crippen MR) is 97.8 cm³/mol. The average molecular weight is 324 g/mol. The fourth-order valence-electron chi connectivity index (χ4n) is 3.18. The van der Waals surface area contributed by atoms with Gasteiger partial charge in [-0.15, -0.1) is 0 Å². The number of anilines is 2. The van der Waals surface area contributed by atoms with Crippen molar-refractivity contribution >= 4 is 17.3 Å². The van der Waals surface area contributed by atoms with Crippen LogP contribution in [0.3, 0.4) is 0 Å². The lowest BCUT2D eigenvalue weighted by atomic mass is 10.1. The molecule has 2 aromatic carbocycles. The molecule has 1 amide bonds. The van der Waals surface area contributed by atoms with Crippen LogP contribution >= 0.6 is 0 Å². The van der Waals surface area contributed by atoms with Crippen molar-refractivity contribution in [3.05, 3.63) is 54.1 Å². The van der Waals surface area contributed by atoms with Crippen LogP contribution in [-0.4, -0.2) is 26.1 Å². The first-order valence-electron chi connectivity index (χ1n) is 8.53. The zero-order valence-corrected chi connectivity index (χ0v) is 14.1. The maximum Gasteiger partial charge on any atom is 0.224 e. The van der Waals surface area contributed by atoms with E-state index in [1.165, 1.54) is 12.8 Å². The molecule has 0 radical (unpaired) electrons. The smallest absolute Gasteiger partial charge is 0.224 e. The molecule has 0 aromatic heterocycles. The lowest BCUT2D eigenvalue weighted by Crippen LogP contribution is -2.21. The Morgan fingerprint density at radius 2 is 1.79 bits per heavy atom. The SMILES string of the molecule is COc1ccccc1CCC(=O)Nc1ccccc1N1CCCC1. The van der Waals surface area contributed by atoms with Gasteiger partial charge in [0.2, 0.25) is 5.91 Å². The summed E-state index contributed by atoms with van der Waals surface area (Å²) in [5.41, 5.74) is 3.09. The van der Waals surface area contributed by atoms with Crippen LogP contribution in [0.4, 0.5) is 11.4 Å². The summed E-state index contributed by atoms with van der Waals surface area (Å²) >= 11 is 0. The number of carbonyl (C=O) groups excluding carboxylic acids is 1. The molecule has 0 spiro atoms. The summed E-state index contributed by atoms with van der Waals surface area (Å²) in [6, 6.07) is 15.9. The van der Waals surface area contributed by atoms with Crippen LogP contribution in [0.15, 0.2) is 48.5 Å². The molecule has 1 aliphatic heterocycles. The van der Waals surface area contributed by atoms with E-state index in [2.05, 4.69) is 16.3 Å². The van der Waals surface area contributed by atoms with Crippen LogP contribution in [-0.2, 0) is 11.2 Å². The highest BCUT2D eigenvalue weighted by molar-refractivity contribution is 5.94. The van der Waals surface area contributed by atoms with E-state index in [1.807, 2.05) is 42.5 Å². The van der Waals surface area contributed by atoms with Crippen LogP contribution < -0.4 is 15.0 Å². The Labute approximate surface area is 143 Å². The second-order valence-electron chi connectivity index (χ2n) is 6.07. The summed E-state index contributed by atoms with van der Waals surface area (Å²) in [4.78, 5) is 14.7. The van der Waals surface area contributed by atoms with Crippen molar-refractivity contribution < 1.29 is 9.53 Å². The van der Waals surface area contributed by atoms with Gasteiger partial charge < -0.3 is 15.0 Å². The molecule has 4 nitrogen and oxygen atoms in total. The van der Waals surface area contributed by atoms with E-state index in [-0.39, 0.29) is 5.91 Å². The number of methoxy groups -OCH3 is 1. The van der Waals surface area contributed by atoms with Crippen LogP contribution in [0.5, 0.6) is 5.75 Å². The lowest BCUT2D eigenvalue weighted by Gasteiger charge is -2.21. The van der Waals surface area contributed by atoms with E-state index in [0.29, 0.717) is 12.8 Å². The molecule has 1 fully saturated rings. The highest BCUT2D eigenvalue weighted by Gasteiger charge is 2.16. The molecule has 1 N–H and O–H groups in total. The zero-order chi connectivity index (χ0) is 16.8. The molecule has 1 aliphatic rings. The Hall–Kier alpha value is -2.49. The van der Waals surface area contributed by atoms with Crippen molar-refractivity contribution in [3.63, 3.8) is 0 Å². The van der Waals surface area contributed by atoms with Gasteiger partial charge in [-0.2, -0.15) is 0 Å². The number of benzene rings is 2. The van der Waals surface area contributed by atoms with Crippen LogP contribution in [0.1, 0.15) is 24.8 Å². The van der Waals surface area contributed by atoms with E-state index in [4.69, 9.17) is 4.74 Å². The maximum absolute atomic E-state index is 12.4. The molecule has 24 heavy (non-hydrogen) atoms. The molecular weight excluding hydrogens is 300 g/mol. The summed E-state index contributed by atoms with van der Waals surface area (Å²) in [5, 5.41) is 3.07. The summed E-state index contributed by atoms with van der Waals surface area (Å²) in [7, 11) is 1.66. The minimum atomic E-state index is 0.0348. The topological polar surface area (TPSA) is 41.6 Å². The van der Waals surface area contributed by atoms with Gasteiger partial charge in [0.25, 0.3) is 0 Å². The number of ether oxygens (including phenoxy) is 1. The number of nitrogens with zero attached hydrogens (tertiary/aromatic N) is 1. The number of rotatable bonds is 6. The van der Waals surface area contributed by atoms with Crippen molar-refractivity contribution in [2.75, 3.05) is 30.4 Å². The Balaban J connectivity index is 1.63. The Morgan fingerprint density at radius 1 is 1.08 bits per heavy atom. The van der Waals surface area contributed by atoms with E-state index in [0.717, 1.165) is 35.8 Å². The predicted octanol–water partition coefficient (Wildman–Crippen LogP) is 3.87. The number of carbonyl (C=O) groups is 1. The van der Waals surface area contributed by atoms with Gasteiger partial charge >= 0.3 is 0 Å². The van der Waals surface area contributed by atoms with Crippen molar-refractivity contribution in [3.8, 4) is 5.75 Å². The van der Waals surface area contributed by atoms with Gasteiger partial charge in [0.05, 0.1) is 18.5 Å². The van der Waals surface area contributed by atoms with Crippen molar-refractivity contribution in [1.82, 2.24) is 0 Å². The third-order valence-electron chi connectivity index (χ3n) is 4.44. The number of hydrogen-bond donors (Lipinski definition) is 1. The molecule has 1 heterocycles. The number of aryl methyl sites for hydroxylation is 1. The van der Waals surface area contributed by atoms with Gasteiger partial charge in [0.1, 0.15) is 5.75 Å². The molecule has 0 aliphatic carbocycles. The summed E-state index contributed by atoms with van der Waals surface area (Å²) < 4.78 is 5.34. The van der Waals surface area contributed by atoms with Crippen molar-refractivity contribution in [2.24, 2.45) is 0 Å². The van der Waals surface area contributed by atoms with Gasteiger partial charge in [-0.25, -0.2) is 0 Å². The quantitative estimate of drug-likeness (QED) is 0.877. The van der Waals surface area contributed by atoms with Crippen molar-refractivity contribution in [2.45, 2.75) is 25.7 Å². The van der Waals surface area contributed by atoms with Crippen LogP contribution in [0.2, 0.25) is 0 Å². The molecule has 0 saturated carbocycles. The Kier molecular flexibility index (Phi) is 5.36. The van der Waals surface area contributed by atoms with Gasteiger partial charge in [0.15, 0.2) is 0 Å². The highest BCUT2D eigenvalue weighted by atomic mass is 16.5. The number of para-hydroxylation sites is 3. The molecule has 0 bridgehead atoms. The fourth-order valence-corrected chi connectivity index (χ4v) is 3.18. The molecule has 3 rings (SSSR count). The first-order chi connectivity index (χ1) is 11.8. The Bertz CT molecular complexity index is 694. The van der Waals surface area contributed by atoms with Gasteiger partial charge in [0, 0.05) is 19.5 Å². The first-order valence-corrected chi connectivity index (χ1v) is 8.53. The number of nitrogens with one attached hydrogen (secondary N) is 1. The first kappa shape index (κ1) is 16.4. The summed E-state index contributed by atoms with van der Waals surface area (Å²) in [6.07, 6.45) is 3.54. The lowest BCUT2D eigenvalue weighted by molar-refractivity contribution is -0.116. The fraction of sp³-hybridized carbons (Fsp3) is 0.350. The van der Waals surface area contributed by atoms with Crippen molar-refractivity contribution in [1.29, 1.82) is 0 Å². The molecular formula is C20H24N2O2. The Morgan fingerprint density at radius 3 is 2.58 bits per heavy atom. The highest BCUT2D eigenvalue weighted by Crippen LogP contribution is 2.29. The minimum Gasteiger partial charge on any atom is -0.496 e. The second kappa shape index (κ2) is 7.86. The monoisotopic (exact) mass is 324 g/mol. The third kappa shape index (κ3) is 3.88. The van der Waals surface area contributed by atoms with Gasteiger partial charge in [-0.3, -0.25) is 4.79 Å². The van der Waals surface area contributed by atoms with Crippen LogP contribution in [0.25, 0.3) is 0 Å². The van der Waals surface area contributed by atoms with E-state index in [9.17, 15) is 4.79 Å². The molecule has 4 heteroatoms. The average Bonchev–Trinajstić information content (AvgIpc) is 3.15. The van der Waals surface area contributed by atoms with E-state index in [1.54, 1.807) is 7.11 Å². The molecule has 0 atom stereocenters. The summed E-state index contributed by atoms with van der Waals surface area (Å²) in [5.74, 6) is 0.871. The standard InChI is InChI=1S/C20H24N2O2/c1-24-19-11-5-2-8-16(19)12-13-20(23)21-17-9-3-4-10-18(17)22-14-6-7-15-22/h2-5,8-11H,6-7,12-15H2,1H3,(H,21,23). The van der Waals surface area contributed by atoms with E-state index >= 15 is 0 Å². The number of hydrogen-bond acceptors (Lipinski definition) is 3. The summed E-state index contributed by atoms with van der Waals surface area (Å²) in [6.45, 7) is 2.13. The normalized spacial score (nSPS) is 13.8. The van der Waals surface area contributed by atoms with Gasteiger partial charge in [-0.05, 0) is 43.0 Å². The van der Waals surface area contributed by atoms with Crippen LogP contribution in [0, 0.1) is 0 Å². The van der Waals surface area contributed by atoms with E-state index < -0.39 is 0 Å².